The molecule has 3 nitrogen and oxygen atoms in total. The predicted molar refractivity (Wildman–Crippen MR) is 98.2 cm³/mol. The van der Waals surface area contributed by atoms with E-state index in [0.29, 0.717) is 11.4 Å². The van der Waals surface area contributed by atoms with Crippen LogP contribution >= 0.6 is 22.6 Å². The molecule has 0 bridgehead atoms. The van der Waals surface area contributed by atoms with Gasteiger partial charge in [-0.05, 0) is 70.8 Å². The average Bonchev–Trinajstić information content (AvgIpc) is 2.53. The van der Waals surface area contributed by atoms with Crippen molar-refractivity contribution in [2.24, 2.45) is 0 Å². The summed E-state index contributed by atoms with van der Waals surface area (Å²) in [5, 5.41) is 0. The summed E-state index contributed by atoms with van der Waals surface area (Å²) in [4.78, 5) is 0.318. The van der Waals surface area contributed by atoms with Crippen LogP contribution in [0, 0.1) is 3.57 Å². The third kappa shape index (κ3) is 5.07. The fraction of sp³-hybridized carbons (Fsp3) is 0.294. The lowest BCUT2D eigenvalue weighted by molar-refractivity contribution is 0.581. The van der Waals surface area contributed by atoms with Crippen molar-refractivity contribution in [1.29, 1.82) is 0 Å². The van der Waals surface area contributed by atoms with Crippen molar-refractivity contribution in [2.75, 3.05) is 0 Å². The maximum absolute atomic E-state index is 12.3. The maximum atomic E-state index is 12.3. The number of hydrogen-bond acceptors (Lipinski definition) is 2. The number of unbranched alkanes of at least 4 members (excludes halogenated alkanes) is 1. The van der Waals surface area contributed by atoms with Crippen molar-refractivity contribution < 1.29 is 8.42 Å². The molecule has 0 aromatic heterocycles. The van der Waals surface area contributed by atoms with E-state index in [-0.39, 0.29) is 0 Å². The SMILES string of the molecule is CCCCc1ccc(S(=O)(=O)NCc2ccc(I)cc2)cc1. The van der Waals surface area contributed by atoms with E-state index in [2.05, 4.69) is 34.2 Å². The van der Waals surface area contributed by atoms with Gasteiger partial charge in [-0.1, -0.05) is 37.6 Å². The van der Waals surface area contributed by atoms with Gasteiger partial charge in [-0.2, -0.15) is 0 Å². The van der Waals surface area contributed by atoms with Gasteiger partial charge in [0, 0.05) is 10.1 Å². The zero-order chi connectivity index (χ0) is 16.0. The monoisotopic (exact) mass is 429 g/mol. The summed E-state index contributed by atoms with van der Waals surface area (Å²) in [5.41, 5.74) is 2.13. The van der Waals surface area contributed by atoms with Crippen LogP contribution in [0.25, 0.3) is 0 Å². The van der Waals surface area contributed by atoms with Crippen molar-refractivity contribution in [2.45, 2.75) is 37.6 Å². The van der Waals surface area contributed by atoms with Gasteiger partial charge in [0.15, 0.2) is 0 Å². The maximum Gasteiger partial charge on any atom is 0.240 e. The molecule has 0 unspecified atom stereocenters. The second kappa shape index (κ2) is 8.08. The number of benzene rings is 2. The minimum absolute atomic E-state index is 0.302. The van der Waals surface area contributed by atoms with Crippen molar-refractivity contribution in [3.05, 3.63) is 63.2 Å². The average molecular weight is 429 g/mol. The highest BCUT2D eigenvalue weighted by Crippen LogP contribution is 2.13. The summed E-state index contributed by atoms with van der Waals surface area (Å²) in [6.45, 7) is 2.45. The number of sulfonamides is 1. The van der Waals surface area contributed by atoms with Crippen LogP contribution in [-0.2, 0) is 23.0 Å². The molecule has 0 atom stereocenters. The molecule has 0 saturated heterocycles. The highest BCUT2D eigenvalue weighted by molar-refractivity contribution is 14.1. The van der Waals surface area contributed by atoms with Crippen molar-refractivity contribution in [1.82, 2.24) is 4.72 Å². The Labute approximate surface area is 146 Å². The van der Waals surface area contributed by atoms with Gasteiger partial charge in [0.2, 0.25) is 10.0 Å². The molecule has 0 saturated carbocycles. The van der Waals surface area contributed by atoms with E-state index in [1.807, 2.05) is 36.4 Å². The van der Waals surface area contributed by atoms with Gasteiger partial charge in [-0.15, -0.1) is 0 Å². The Hall–Kier alpha value is -0.920. The van der Waals surface area contributed by atoms with Gasteiger partial charge >= 0.3 is 0 Å². The molecule has 0 fully saturated rings. The fourth-order valence-electron chi connectivity index (χ4n) is 2.08. The van der Waals surface area contributed by atoms with Crippen LogP contribution in [0.4, 0.5) is 0 Å². The predicted octanol–water partition coefficient (Wildman–Crippen LogP) is 4.11. The first kappa shape index (κ1) is 17.4. The summed E-state index contributed by atoms with van der Waals surface area (Å²) >= 11 is 2.22. The smallest absolute Gasteiger partial charge is 0.207 e. The van der Waals surface area contributed by atoms with E-state index in [4.69, 9.17) is 0 Å². The van der Waals surface area contributed by atoms with Gasteiger partial charge in [0.1, 0.15) is 0 Å². The molecule has 0 aliphatic heterocycles. The summed E-state index contributed by atoms with van der Waals surface area (Å²) in [5.74, 6) is 0. The first-order chi connectivity index (χ1) is 10.5. The zero-order valence-electron chi connectivity index (χ0n) is 12.5. The number of nitrogens with one attached hydrogen (secondary N) is 1. The lowest BCUT2D eigenvalue weighted by atomic mass is 10.1. The zero-order valence-corrected chi connectivity index (χ0v) is 15.5. The van der Waals surface area contributed by atoms with Gasteiger partial charge in [-0.3, -0.25) is 0 Å². The molecule has 118 valence electrons. The van der Waals surface area contributed by atoms with E-state index < -0.39 is 10.0 Å². The number of rotatable bonds is 7. The molecular weight excluding hydrogens is 409 g/mol. The van der Waals surface area contributed by atoms with Crippen LogP contribution < -0.4 is 4.72 Å². The molecule has 1 N–H and O–H groups in total. The first-order valence-corrected chi connectivity index (χ1v) is 9.90. The Bertz CT molecular complexity index is 694. The van der Waals surface area contributed by atoms with E-state index in [1.54, 1.807) is 12.1 Å². The Morgan fingerprint density at radius 2 is 1.55 bits per heavy atom. The molecule has 2 aromatic rings. The summed E-state index contributed by atoms with van der Waals surface area (Å²) in [7, 11) is -3.46. The Balaban J connectivity index is 2.01. The van der Waals surface area contributed by atoms with Crippen molar-refractivity contribution in [3.63, 3.8) is 0 Å². The lowest BCUT2D eigenvalue weighted by Crippen LogP contribution is -2.23. The van der Waals surface area contributed by atoms with Gasteiger partial charge in [0.05, 0.1) is 4.90 Å². The molecular formula is C17H20INO2S. The van der Waals surface area contributed by atoms with Crippen LogP contribution in [0.15, 0.2) is 53.4 Å². The third-order valence-electron chi connectivity index (χ3n) is 3.43. The third-order valence-corrected chi connectivity index (χ3v) is 5.57. The van der Waals surface area contributed by atoms with Crippen LogP contribution in [0.5, 0.6) is 0 Å². The Kier molecular flexibility index (Phi) is 6.40. The van der Waals surface area contributed by atoms with Gasteiger partial charge in [0.25, 0.3) is 0 Å². The van der Waals surface area contributed by atoms with E-state index in [1.165, 1.54) is 5.56 Å². The first-order valence-electron chi connectivity index (χ1n) is 7.34. The number of aryl methyl sites for hydroxylation is 1. The molecule has 0 heterocycles. The summed E-state index contributed by atoms with van der Waals surface area (Å²) in [6.07, 6.45) is 3.25. The lowest BCUT2D eigenvalue weighted by Gasteiger charge is -2.08. The van der Waals surface area contributed by atoms with Crippen molar-refractivity contribution in [3.8, 4) is 0 Å². The van der Waals surface area contributed by atoms with Gasteiger partial charge in [-0.25, -0.2) is 13.1 Å². The normalized spacial score (nSPS) is 11.5. The van der Waals surface area contributed by atoms with Crippen LogP contribution in [0.3, 0.4) is 0 Å². The molecule has 0 aliphatic carbocycles. The fourth-order valence-corrected chi connectivity index (χ4v) is 3.46. The van der Waals surface area contributed by atoms with Crippen LogP contribution in [-0.4, -0.2) is 8.42 Å². The molecule has 5 heteroatoms. The second-order valence-electron chi connectivity index (χ2n) is 5.20. The molecule has 0 amide bonds. The quantitative estimate of drug-likeness (QED) is 0.674. The second-order valence-corrected chi connectivity index (χ2v) is 8.21. The minimum atomic E-state index is -3.46. The summed E-state index contributed by atoms with van der Waals surface area (Å²) < 4.78 is 28.3. The van der Waals surface area contributed by atoms with E-state index in [9.17, 15) is 8.42 Å². The molecule has 0 aliphatic rings. The number of hydrogen-bond donors (Lipinski definition) is 1. The van der Waals surface area contributed by atoms with E-state index in [0.717, 1.165) is 28.4 Å². The minimum Gasteiger partial charge on any atom is -0.207 e. The highest BCUT2D eigenvalue weighted by atomic mass is 127. The highest BCUT2D eigenvalue weighted by Gasteiger charge is 2.13. The summed E-state index contributed by atoms with van der Waals surface area (Å²) in [6, 6.07) is 14.9. The molecule has 0 spiro atoms. The van der Waals surface area contributed by atoms with E-state index >= 15 is 0 Å². The van der Waals surface area contributed by atoms with Crippen LogP contribution in [0.1, 0.15) is 30.9 Å². The molecule has 0 radical (unpaired) electrons. The Morgan fingerprint density at radius 1 is 0.955 bits per heavy atom. The Morgan fingerprint density at radius 3 is 2.14 bits per heavy atom. The van der Waals surface area contributed by atoms with Gasteiger partial charge < -0.3 is 0 Å². The van der Waals surface area contributed by atoms with Crippen LogP contribution in [0.2, 0.25) is 0 Å². The number of halogens is 1. The molecule has 22 heavy (non-hydrogen) atoms. The largest absolute Gasteiger partial charge is 0.240 e. The molecule has 2 rings (SSSR count). The molecule has 2 aromatic carbocycles. The standard InChI is InChI=1S/C17H20INO2S/c1-2-3-4-14-7-11-17(12-8-14)22(20,21)19-13-15-5-9-16(18)10-6-15/h5-12,19H,2-4,13H2,1H3. The van der Waals surface area contributed by atoms with Crippen molar-refractivity contribution >= 4 is 32.6 Å². The topological polar surface area (TPSA) is 46.2 Å².